The first-order valence-electron chi connectivity index (χ1n) is 12.6. The van der Waals surface area contributed by atoms with E-state index in [9.17, 15) is 0 Å². The first-order valence-corrected chi connectivity index (χ1v) is 12.6. The summed E-state index contributed by atoms with van der Waals surface area (Å²) in [4.78, 5) is 5.01. The number of nitrogens with zero attached hydrogens (tertiary/aromatic N) is 3. The highest BCUT2D eigenvalue weighted by Gasteiger charge is 2.32. The van der Waals surface area contributed by atoms with Crippen molar-refractivity contribution in [3.8, 4) is 11.5 Å². The highest BCUT2D eigenvalue weighted by molar-refractivity contribution is 6.28. The Hall–Kier alpha value is -3.82. The minimum Gasteiger partial charge on any atom is -0.497 e. The topological polar surface area (TPSA) is 111 Å². The summed E-state index contributed by atoms with van der Waals surface area (Å²) >= 11 is 0. The Labute approximate surface area is 217 Å². The van der Waals surface area contributed by atoms with E-state index in [0.29, 0.717) is 28.8 Å². The van der Waals surface area contributed by atoms with Gasteiger partial charge in [0, 0.05) is 53.9 Å². The maximum Gasteiger partial charge on any atom is 0.211 e. The van der Waals surface area contributed by atoms with Gasteiger partial charge in [-0.3, -0.25) is 10.4 Å². The maximum absolute atomic E-state index is 6.87. The van der Waals surface area contributed by atoms with Gasteiger partial charge in [-0.05, 0) is 54.3 Å². The summed E-state index contributed by atoms with van der Waals surface area (Å²) in [6, 6.07) is 12.0. The van der Waals surface area contributed by atoms with E-state index in [-0.39, 0.29) is 0 Å². The van der Waals surface area contributed by atoms with E-state index in [4.69, 9.17) is 20.2 Å². The van der Waals surface area contributed by atoms with Gasteiger partial charge in [-0.2, -0.15) is 5.10 Å². The Morgan fingerprint density at radius 3 is 2.62 bits per heavy atom. The molecule has 37 heavy (non-hydrogen) atoms. The smallest absolute Gasteiger partial charge is 0.211 e. The molecule has 0 aliphatic carbocycles. The lowest BCUT2D eigenvalue weighted by molar-refractivity contribution is 0.377. The van der Waals surface area contributed by atoms with Crippen molar-refractivity contribution in [2.75, 3.05) is 26.1 Å². The van der Waals surface area contributed by atoms with Crippen LogP contribution in [0.15, 0.2) is 60.0 Å². The molecule has 3 heterocycles. The monoisotopic (exact) mass is 501 g/mol. The SMILES string of the molecule is COc1cc(OC)cc(C2(N)N=C(Nc3ccc4c(c3)CNCC4)C(c3cnn(CC(C)C)c3)=CN2)c1. The van der Waals surface area contributed by atoms with Gasteiger partial charge >= 0.3 is 0 Å². The van der Waals surface area contributed by atoms with E-state index in [1.54, 1.807) is 14.2 Å². The second kappa shape index (κ2) is 10.3. The van der Waals surface area contributed by atoms with Crippen LogP contribution in [0.2, 0.25) is 0 Å². The van der Waals surface area contributed by atoms with Crippen molar-refractivity contribution in [3.05, 3.63) is 77.2 Å². The molecule has 0 saturated heterocycles. The van der Waals surface area contributed by atoms with Gasteiger partial charge in [0.25, 0.3) is 0 Å². The summed E-state index contributed by atoms with van der Waals surface area (Å²) in [6.07, 6.45) is 6.84. The third-order valence-corrected chi connectivity index (χ3v) is 6.62. The molecule has 9 heteroatoms. The Morgan fingerprint density at radius 2 is 1.89 bits per heavy atom. The molecule has 5 rings (SSSR count). The van der Waals surface area contributed by atoms with E-state index in [2.05, 4.69) is 53.1 Å². The number of fused-ring (bicyclic) bond motifs is 1. The first-order chi connectivity index (χ1) is 17.9. The number of nitrogens with two attached hydrogens (primary N) is 1. The molecule has 2 aliphatic heterocycles. The predicted molar refractivity (Wildman–Crippen MR) is 146 cm³/mol. The molecule has 0 bridgehead atoms. The van der Waals surface area contributed by atoms with E-state index in [1.807, 2.05) is 41.5 Å². The second-order valence-corrected chi connectivity index (χ2v) is 9.91. The van der Waals surface area contributed by atoms with Crippen LogP contribution in [-0.4, -0.2) is 36.4 Å². The fraction of sp³-hybridized carbons (Fsp3) is 0.357. The Kier molecular flexibility index (Phi) is 6.90. The third-order valence-electron chi connectivity index (χ3n) is 6.62. The first kappa shape index (κ1) is 24.9. The number of amidine groups is 1. The molecule has 0 spiro atoms. The average Bonchev–Trinajstić information content (AvgIpc) is 3.35. The minimum atomic E-state index is -1.24. The average molecular weight is 502 g/mol. The number of aromatic nitrogens is 2. The van der Waals surface area contributed by atoms with Crippen LogP contribution < -0.4 is 31.2 Å². The normalized spacial score (nSPS) is 19.0. The van der Waals surface area contributed by atoms with Crippen LogP contribution in [0.1, 0.15) is 36.1 Å². The highest BCUT2D eigenvalue weighted by Crippen LogP contribution is 2.32. The molecule has 2 aromatic carbocycles. The van der Waals surface area contributed by atoms with E-state index < -0.39 is 5.79 Å². The molecule has 0 amide bonds. The molecule has 1 atom stereocenters. The summed E-state index contributed by atoms with van der Waals surface area (Å²) in [5.41, 5.74) is 13.0. The van der Waals surface area contributed by atoms with Crippen LogP contribution in [0.4, 0.5) is 5.69 Å². The van der Waals surface area contributed by atoms with Crippen LogP contribution >= 0.6 is 0 Å². The van der Waals surface area contributed by atoms with Gasteiger partial charge in [0.15, 0.2) is 0 Å². The molecule has 5 N–H and O–H groups in total. The standard InChI is InChI=1S/C28H35N7O2/c1-18(2)16-35-17-21(14-32-35)26-15-31-28(29,22-10-24(36-3)12-25(11-22)37-4)34-27(26)33-23-6-5-19-7-8-30-13-20(19)9-23/h5-6,9-12,14-15,17-18,30-31H,7-8,13,16,29H2,1-4H3,(H,33,34). The number of rotatable bonds is 7. The zero-order valence-electron chi connectivity index (χ0n) is 21.8. The molecule has 3 aromatic rings. The lowest BCUT2D eigenvalue weighted by atomic mass is 10.00. The molecule has 194 valence electrons. The van der Waals surface area contributed by atoms with E-state index >= 15 is 0 Å². The number of nitrogens with one attached hydrogen (secondary N) is 3. The van der Waals surface area contributed by atoms with E-state index in [0.717, 1.165) is 42.9 Å². The largest absolute Gasteiger partial charge is 0.497 e. The van der Waals surface area contributed by atoms with E-state index in [1.165, 1.54) is 11.1 Å². The van der Waals surface area contributed by atoms with Crippen LogP contribution in [0.25, 0.3) is 5.57 Å². The second-order valence-electron chi connectivity index (χ2n) is 9.91. The van der Waals surface area contributed by atoms with Crippen molar-refractivity contribution in [1.29, 1.82) is 0 Å². The van der Waals surface area contributed by atoms with Crippen LogP contribution in [0.5, 0.6) is 11.5 Å². The molecule has 0 fully saturated rings. The van der Waals surface area contributed by atoms with Gasteiger partial charge < -0.3 is 25.4 Å². The fourth-order valence-corrected chi connectivity index (χ4v) is 4.68. The summed E-state index contributed by atoms with van der Waals surface area (Å²) in [6.45, 7) is 7.04. The van der Waals surface area contributed by atoms with Crippen molar-refractivity contribution >= 4 is 17.1 Å². The number of hydrogen-bond donors (Lipinski definition) is 4. The molecule has 0 radical (unpaired) electrons. The predicted octanol–water partition coefficient (Wildman–Crippen LogP) is 3.43. The molecular formula is C28H35N7O2. The molecule has 1 aromatic heterocycles. The van der Waals surface area contributed by atoms with Gasteiger partial charge in [-0.15, -0.1) is 0 Å². The maximum atomic E-state index is 6.87. The Balaban J connectivity index is 1.54. The summed E-state index contributed by atoms with van der Waals surface area (Å²) in [5.74, 6) is 1.17. The summed E-state index contributed by atoms with van der Waals surface area (Å²) in [7, 11) is 3.23. The van der Waals surface area contributed by atoms with Gasteiger partial charge in [-0.1, -0.05) is 19.9 Å². The van der Waals surface area contributed by atoms with Gasteiger partial charge in [0.05, 0.1) is 20.4 Å². The van der Waals surface area contributed by atoms with Crippen LogP contribution in [0.3, 0.4) is 0 Å². The molecule has 2 aliphatic rings. The Bertz CT molecular complexity index is 1320. The molecule has 9 nitrogen and oxygen atoms in total. The Morgan fingerprint density at radius 1 is 1.11 bits per heavy atom. The quantitative estimate of drug-likeness (QED) is 0.393. The summed E-state index contributed by atoms with van der Waals surface area (Å²) < 4.78 is 12.9. The van der Waals surface area contributed by atoms with Crippen molar-refractivity contribution in [2.24, 2.45) is 16.6 Å². The zero-order chi connectivity index (χ0) is 26.0. The number of benzene rings is 2. The number of anilines is 1. The number of methoxy groups -OCH3 is 2. The van der Waals surface area contributed by atoms with Gasteiger partial charge in [-0.25, -0.2) is 4.99 Å². The minimum absolute atomic E-state index is 0.487. The highest BCUT2D eigenvalue weighted by atomic mass is 16.5. The van der Waals surface area contributed by atoms with Crippen LogP contribution in [-0.2, 0) is 25.3 Å². The van der Waals surface area contributed by atoms with Crippen LogP contribution in [0, 0.1) is 5.92 Å². The third kappa shape index (κ3) is 5.33. The summed E-state index contributed by atoms with van der Waals surface area (Å²) in [5, 5.41) is 14.9. The van der Waals surface area contributed by atoms with Gasteiger partial charge in [0.2, 0.25) is 5.79 Å². The lowest BCUT2D eigenvalue weighted by Crippen LogP contribution is -2.50. The number of ether oxygens (including phenoxy) is 2. The fourth-order valence-electron chi connectivity index (χ4n) is 4.68. The van der Waals surface area contributed by atoms with Crippen molar-refractivity contribution < 1.29 is 9.47 Å². The van der Waals surface area contributed by atoms with Gasteiger partial charge in [0.1, 0.15) is 17.3 Å². The lowest BCUT2D eigenvalue weighted by Gasteiger charge is -2.32. The number of aliphatic imine (C=N–C) groups is 1. The van der Waals surface area contributed by atoms with Crippen molar-refractivity contribution in [1.82, 2.24) is 20.4 Å². The van der Waals surface area contributed by atoms with Crippen molar-refractivity contribution in [2.45, 2.75) is 39.1 Å². The number of hydrogen-bond acceptors (Lipinski definition) is 8. The molecule has 1 unspecified atom stereocenters. The van der Waals surface area contributed by atoms with Crippen molar-refractivity contribution in [3.63, 3.8) is 0 Å². The molecule has 0 saturated carbocycles. The molecular weight excluding hydrogens is 466 g/mol. The zero-order valence-corrected chi connectivity index (χ0v) is 21.8.